The highest BCUT2D eigenvalue weighted by Gasteiger charge is 2.23. The summed E-state index contributed by atoms with van der Waals surface area (Å²) in [7, 11) is 0. The van der Waals surface area contributed by atoms with E-state index in [4.69, 9.17) is 14.6 Å². The minimum absolute atomic E-state index is 0.429. The Balaban J connectivity index is 2.53. The van der Waals surface area contributed by atoms with Gasteiger partial charge in [0.05, 0.1) is 0 Å². The lowest BCUT2D eigenvalue weighted by Crippen LogP contribution is -2.31. The van der Waals surface area contributed by atoms with Crippen LogP contribution in [0.5, 0.6) is 0 Å². The molecule has 0 amide bonds. The van der Waals surface area contributed by atoms with Gasteiger partial charge in [0.15, 0.2) is 6.10 Å². The van der Waals surface area contributed by atoms with E-state index in [1.165, 1.54) is 13.8 Å². The molecule has 0 bridgehead atoms. The molecule has 104 valence electrons. The molecule has 0 aromatic heterocycles. The maximum atomic E-state index is 11.7. The number of ether oxygens (including phenoxy) is 2. The fourth-order valence-electron chi connectivity index (χ4n) is 1.38. The van der Waals surface area contributed by atoms with Gasteiger partial charge in [-0.3, -0.25) is 0 Å². The van der Waals surface area contributed by atoms with Crippen LogP contribution in [0.15, 0.2) is 30.3 Å². The minimum atomic E-state index is -1.26. The van der Waals surface area contributed by atoms with E-state index in [1.807, 2.05) is 30.3 Å². The molecule has 3 unspecified atom stereocenters. The molecule has 1 aromatic rings. The second-order valence-corrected chi connectivity index (χ2v) is 4.24. The van der Waals surface area contributed by atoms with Crippen molar-refractivity contribution < 1.29 is 24.2 Å². The largest absolute Gasteiger partial charge is 0.455 e. The van der Waals surface area contributed by atoms with Crippen molar-refractivity contribution in [3.63, 3.8) is 0 Å². The fraction of sp³-hybridized carbons (Fsp3) is 0.429. The van der Waals surface area contributed by atoms with Gasteiger partial charge in [0.1, 0.15) is 12.2 Å². The molecular formula is C14H18O5. The first-order chi connectivity index (χ1) is 8.91. The topological polar surface area (TPSA) is 72.8 Å². The van der Waals surface area contributed by atoms with Crippen molar-refractivity contribution in [2.75, 3.05) is 0 Å². The molecule has 0 saturated carbocycles. The Hall–Kier alpha value is -1.88. The third-order valence-corrected chi connectivity index (χ3v) is 2.53. The van der Waals surface area contributed by atoms with Gasteiger partial charge in [-0.15, -0.1) is 0 Å². The highest BCUT2D eigenvalue weighted by atomic mass is 16.6. The zero-order valence-corrected chi connectivity index (χ0v) is 11.2. The van der Waals surface area contributed by atoms with Crippen LogP contribution in [0.2, 0.25) is 0 Å². The van der Waals surface area contributed by atoms with E-state index >= 15 is 0 Å². The lowest BCUT2D eigenvalue weighted by molar-refractivity contribution is -0.174. The van der Waals surface area contributed by atoms with E-state index < -0.39 is 30.3 Å². The zero-order valence-electron chi connectivity index (χ0n) is 11.2. The molecule has 0 aliphatic rings. The summed E-state index contributed by atoms with van der Waals surface area (Å²) in [6.45, 7) is 4.41. The lowest BCUT2D eigenvalue weighted by Gasteiger charge is -2.18. The summed E-state index contributed by atoms with van der Waals surface area (Å²) in [4.78, 5) is 22.8. The van der Waals surface area contributed by atoms with E-state index in [2.05, 4.69) is 0 Å². The summed E-state index contributed by atoms with van der Waals surface area (Å²) < 4.78 is 9.93. The number of hydrogen-bond acceptors (Lipinski definition) is 5. The number of esters is 2. The van der Waals surface area contributed by atoms with Crippen molar-refractivity contribution in [3.8, 4) is 0 Å². The molecule has 1 N–H and O–H groups in total. The number of carbonyl (C=O) groups excluding carboxylic acids is 2. The van der Waals surface area contributed by atoms with Gasteiger partial charge in [0.2, 0.25) is 0 Å². The molecule has 1 aromatic carbocycles. The molecule has 5 heteroatoms. The number of rotatable bonds is 5. The van der Waals surface area contributed by atoms with Crippen molar-refractivity contribution in [2.24, 2.45) is 0 Å². The summed E-state index contributed by atoms with van der Waals surface area (Å²) in [5.41, 5.74) is 0.852. The Morgan fingerprint density at radius 1 is 1.00 bits per heavy atom. The van der Waals surface area contributed by atoms with Crippen LogP contribution in [-0.2, 0) is 19.1 Å². The molecule has 0 radical (unpaired) electrons. The van der Waals surface area contributed by atoms with Crippen molar-refractivity contribution in [1.29, 1.82) is 0 Å². The van der Waals surface area contributed by atoms with Gasteiger partial charge in [-0.2, -0.15) is 0 Å². The molecule has 5 nitrogen and oxygen atoms in total. The predicted molar refractivity (Wildman–Crippen MR) is 68.2 cm³/mol. The first kappa shape index (κ1) is 15.2. The Morgan fingerprint density at radius 2 is 1.58 bits per heavy atom. The van der Waals surface area contributed by atoms with Gasteiger partial charge in [0, 0.05) is 0 Å². The Kier molecular flexibility index (Phi) is 5.51. The molecule has 0 spiro atoms. The summed E-state index contributed by atoms with van der Waals surface area (Å²) >= 11 is 0. The summed E-state index contributed by atoms with van der Waals surface area (Å²) in [6, 6.07) is 9.23. The second-order valence-electron chi connectivity index (χ2n) is 4.24. The van der Waals surface area contributed by atoms with E-state index in [1.54, 1.807) is 6.92 Å². The third kappa shape index (κ3) is 4.71. The molecule has 0 aliphatic carbocycles. The van der Waals surface area contributed by atoms with Crippen molar-refractivity contribution in [2.45, 2.75) is 39.1 Å². The van der Waals surface area contributed by atoms with Gasteiger partial charge in [0.25, 0.3) is 0 Å². The van der Waals surface area contributed by atoms with Crippen LogP contribution >= 0.6 is 0 Å². The number of aliphatic hydroxyl groups excluding tert-OH is 1. The Labute approximate surface area is 112 Å². The third-order valence-electron chi connectivity index (χ3n) is 2.53. The van der Waals surface area contributed by atoms with E-state index in [0.717, 1.165) is 5.56 Å². The number of aliphatic hydroxyl groups is 1. The molecule has 0 saturated heterocycles. The maximum Gasteiger partial charge on any atom is 0.347 e. The number of benzene rings is 1. The van der Waals surface area contributed by atoms with Crippen LogP contribution in [0.4, 0.5) is 0 Å². The van der Waals surface area contributed by atoms with E-state index in [-0.39, 0.29) is 0 Å². The number of carbonyl (C=O) groups is 2. The zero-order chi connectivity index (χ0) is 14.4. The summed E-state index contributed by atoms with van der Waals surface area (Å²) in [5.74, 6) is -1.50. The molecule has 0 heterocycles. The Bertz CT molecular complexity index is 427. The molecule has 0 aliphatic heterocycles. The lowest BCUT2D eigenvalue weighted by atomic mass is 10.1. The normalized spacial score (nSPS) is 15.2. The highest BCUT2D eigenvalue weighted by molar-refractivity contribution is 5.80. The first-order valence-corrected chi connectivity index (χ1v) is 6.05. The van der Waals surface area contributed by atoms with Gasteiger partial charge in [-0.25, -0.2) is 9.59 Å². The monoisotopic (exact) mass is 266 g/mol. The molecular weight excluding hydrogens is 248 g/mol. The van der Waals surface area contributed by atoms with Gasteiger partial charge < -0.3 is 14.6 Å². The van der Waals surface area contributed by atoms with Crippen LogP contribution in [-0.4, -0.2) is 29.3 Å². The minimum Gasteiger partial charge on any atom is -0.455 e. The van der Waals surface area contributed by atoms with E-state index in [9.17, 15) is 9.59 Å². The quantitative estimate of drug-likeness (QED) is 0.819. The summed E-state index contributed by atoms with van der Waals surface area (Å²) in [6.07, 6.45) is -2.74. The van der Waals surface area contributed by atoms with Crippen molar-refractivity contribution >= 4 is 11.9 Å². The van der Waals surface area contributed by atoms with Gasteiger partial charge in [-0.05, 0) is 26.3 Å². The van der Waals surface area contributed by atoms with Gasteiger partial charge >= 0.3 is 11.9 Å². The highest BCUT2D eigenvalue weighted by Crippen LogP contribution is 2.17. The maximum absolute atomic E-state index is 11.7. The van der Waals surface area contributed by atoms with Crippen LogP contribution in [0, 0.1) is 0 Å². The van der Waals surface area contributed by atoms with Crippen LogP contribution < -0.4 is 0 Å². The molecule has 1 rings (SSSR count). The number of hydrogen-bond donors (Lipinski definition) is 1. The van der Waals surface area contributed by atoms with Crippen LogP contribution in [0.1, 0.15) is 32.4 Å². The molecule has 0 fully saturated rings. The van der Waals surface area contributed by atoms with E-state index in [0.29, 0.717) is 0 Å². The van der Waals surface area contributed by atoms with Crippen molar-refractivity contribution in [3.05, 3.63) is 35.9 Å². The standard InChI is InChI=1S/C14H18O5/c1-9(15)13(16)19-11(3)14(17)18-10(2)12-7-5-4-6-8-12/h4-11,15H,1-3H3. The Morgan fingerprint density at radius 3 is 2.11 bits per heavy atom. The average molecular weight is 266 g/mol. The van der Waals surface area contributed by atoms with Gasteiger partial charge in [-0.1, -0.05) is 30.3 Å². The summed E-state index contributed by atoms with van der Waals surface area (Å²) in [5, 5.41) is 8.98. The van der Waals surface area contributed by atoms with Crippen LogP contribution in [0.3, 0.4) is 0 Å². The predicted octanol–water partition coefficient (Wildman–Crippen LogP) is 1.60. The second kappa shape index (κ2) is 6.89. The van der Waals surface area contributed by atoms with Crippen molar-refractivity contribution in [1.82, 2.24) is 0 Å². The smallest absolute Gasteiger partial charge is 0.347 e. The molecule has 3 atom stereocenters. The van der Waals surface area contributed by atoms with Crippen LogP contribution in [0.25, 0.3) is 0 Å². The first-order valence-electron chi connectivity index (χ1n) is 6.05. The fourth-order valence-corrected chi connectivity index (χ4v) is 1.38. The molecule has 19 heavy (non-hydrogen) atoms. The average Bonchev–Trinajstić information content (AvgIpc) is 2.39. The SMILES string of the molecule is CC(O)C(=O)OC(C)C(=O)OC(C)c1ccccc1.